The molecule has 0 atom stereocenters. The number of carbonyl (C=O) groups excluding carboxylic acids is 1. The van der Waals surface area contributed by atoms with Gasteiger partial charge in [-0.2, -0.15) is 0 Å². The summed E-state index contributed by atoms with van der Waals surface area (Å²) in [5.41, 5.74) is 1.19. The molecule has 0 unspecified atom stereocenters. The average Bonchev–Trinajstić information content (AvgIpc) is 2.48. The maximum absolute atomic E-state index is 12.6. The molecule has 2 aromatic carbocycles. The van der Waals surface area contributed by atoms with Crippen molar-refractivity contribution in [3.63, 3.8) is 0 Å². The van der Waals surface area contributed by atoms with Crippen molar-refractivity contribution in [2.75, 3.05) is 14.2 Å². The van der Waals surface area contributed by atoms with Crippen molar-refractivity contribution < 1.29 is 14.3 Å². The van der Waals surface area contributed by atoms with Crippen LogP contribution in [0, 0.1) is 3.57 Å². The van der Waals surface area contributed by atoms with Crippen LogP contribution < -0.4 is 9.47 Å². The monoisotopic (exact) mass is 446 g/mol. The van der Waals surface area contributed by atoms with Gasteiger partial charge in [0.25, 0.3) is 0 Å². The van der Waals surface area contributed by atoms with E-state index in [2.05, 4.69) is 38.5 Å². The number of hydrogen-bond acceptors (Lipinski definition) is 3. The van der Waals surface area contributed by atoms with Crippen LogP contribution in [0.5, 0.6) is 11.5 Å². The molecule has 0 saturated carbocycles. The van der Waals surface area contributed by atoms with Crippen LogP contribution in [0.25, 0.3) is 0 Å². The molecule has 0 radical (unpaired) electrons. The lowest BCUT2D eigenvalue weighted by molar-refractivity contribution is 0.103. The lowest BCUT2D eigenvalue weighted by Crippen LogP contribution is -2.04. The Labute approximate surface area is 139 Å². The van der Waals surface area contributed by atoms with Crippen molar-refractivity contribution in [2.24, 2.45) is 0 Å². The fraction of sp³-hybridized carbons (Fsp3) is 0.133. The van der Waals surface area contributed by atoms with Crippen LogP contribution in [-0.4, -0.2) is 20.0 Å². The van der Waals surface area contributed by atoms with E-state index in [0.29, 0.717) is 22.6 Å². The summed E-state index contributed by atoms with van der Waals surface area (Å²) in [6.07, 6.45) is 0. The van der Waals surface area contributed by atoms with Crippen LogP contribution in [0.4, 0.5) is 0 Å². The van der Waals surface area contributed by atoms with Gasteiger partial charge in [-0.1, -0.05) is 15.9 Å². The Hall–Kier alpha value is -1.08. The molecule has 0 N–H and O–H groups in total. The van der Waals surface area contributed by atoms with E-state index in [1.54, 1.807) is 32.4 Å². The molecule has 0 aliphatic carbocycles. The maximum Gasteiger partial charge on any atom is 0.194 e. The number of rotatable bonds is 4. The predicted octanol–water partition coefficient (Wildman–Crippen LogP) is 4.30. The van der Waals surface area contributed by atoms with Crippen LogP contribution in [0.2, 0.25) is 0 Å². The molecule has 0 aliphatic heterocycles. The van der Waals surface area contributed by atoms with Crippen LogP contribution in [0.15, 0.2) is 40.9 Å². The topological polar surface area (TPSA) is 35.5 Å². The van der Waals surface area contributed by atoms with E-state index in [-0.39, 0.29) is 5.78 Å². The molecular weight excluding hydrogens is 435 g/mol. The molecule has 2 rings (SSSR count). The lowest BCUT2D eigenvalue weighted by atomic mass is 10.0. The fourth-order valence-corrected chi connectivity index (χ4v) is 2.72. The van der Waals surface area contributed by atoms with E-state index < -0.39 is 0 Å². The molecular formula is C15H12BrIO3. The summed E-state index contributed by atoms with van der Waals surface area (Å²) in [4.78, 5) is 12.6. The van der Waals surface area contributed by atoms with Crippen LogP contribution in [0.1, 0.15) is 15.9 Å². The number of methoxy groups -OCH3 is 2. The maximum atomic E-state index is 12.6. The Morgan fingerprint density at radius 3 is 2.40 bits per heavy atom. The highest BCUT2D eigenvalue weighted by Gasteiger charge is 2.15. The third kappa shape index (κ3) is 3.15. The Balaban J connectivity index is 2.45. The van der Waals surface area contributed by atoms with Gasteiger partial charge in [-0.05, 0) is 59.0 Å². The van der Waals surface area contributed by atoms with Crippen molar-refractivity contribution in [1.82, 2.24) is 0 Å². The van der Waals surface area contributed by atoms with Crippen molar-refractivity contribution in [3.8, 4) is 11.5 Å². The predicted molar refractivity (Wildman–Crippen MR) is 89.8 cm³/mol. The number of benzene rings is 2. The Morgan fingerprint density at radius 2 is 1.75 bits per heavy atom. The molecule has 0 saturated heterocycles. The third-order valence-corrected chi connectivity index (χ3v) is 4.18. The number of carbonyl (C=O) groups is 1. The van der Waals surface area contributed by atoms with Crippen molar-refractivity contribution in [3.05, 3.63) is 55.6 Å². The molecule has 0 heterocycles. The minimum Gasteiger partial charge on any atom is -0.493 e. The normalized spacial score (nSPS) is 10.2. The standard InChI is InChI=1S/C15H12BrIO3/c1-19-13-6-3-9(7-14(13)20-2)15(18)11-8-10(17)4-5-12(11)16/h3-8H,1-2H3. The van der Waals surface area contributed by atoms with E-state index >= 15 is 0 Å². The molecule has 0 amide bonds. The van der Waals surface area contributed by atoms with Crippen molar-refractivity contribution in [2.45, 2.75) is 0 Å². The number of halogens is 2. The second-order valence-corrected chi connectivity index (χ2v) is 6.12. The zero-order chi connectivity index (χ0) is 14.7. The van der Waals surface area contributed by atoms with E-state index in [0.717, 1.165) is 8.04 Å². The fourth-order valence-electron chi connectivity index (χ4n) is 1.80. The minimum absolute atomic E-state index is 0.0589. The molecule has 3 nitrogen and oxygen atoms in total. The van der Waals surface area contributed by atoms with Gasteiger partial charge in [-0.25, -0.2) is 0 Å². The molecule has 20 heavy (non-hydrogen) atoms. The molecule has 2 aromatic rings. The average molecular weight is 447 g/mol. The second-order valence-electron chi connectivity index (χ2n) is 4.02. The molecule has 5 heteroatoms. The van der Waals surface area contributed by atoms with Gasteiger partial charge in [0.05, 0.1) is 14.2 Å². The zero-order valence-electron chi connectivity index (χ0n) is 10.9. The van der Waals surface area contributed by atoms with Gasteiger partial charge in [-0.3, -0.25) is 4.79 Å². The summed E-state index contributed by atoms with van der Waals surface area (Å²) in [6.45, 7) is 0. The van der Waals surface area contributed by atoms with Gasteiger partial charge < -0.3 is 9.47 Å². The zero-order valence-corrected chi connectivity index (χ0v) is 14.7. The van der Waals surface area contributed by atoms with E-state index in [9.17, 15) is 4.79 Å². The highest BCUT2D eigenvalue weighted by molar-refractivity contribution is 14.1. The summed E-state index contributed by atoms with van der Waals surface area (Å²) >= 11 is 5.59. The summed E-state index contributed by atoms with van der Waals surface area (Å²) in [7, 11) is 3.11. The summed E-state index contributed by atoms with van der Waals surface area (Å²) in [6, 6.07) is 10.8. The number of ketones is 1. The summed E-state index contributed by atoms with van der Waals surface area (Å²) in [5, 5.41) is 0. The van der Waals surface area contributed by atoms with Crippen molar-refractivity contribution in [1.29, 1.82) is 0 Å². The number of ether oxygens (including phenoxy) is 2. The van der Waals surface area contributed by atoms with Crippen LogP contribution >= 0.6 is 38.5 Å². The summed E-state index contributed by atoms with van der Waals surface area (Å²) in [5.74, 6) is 1.09. The van der Waals surface area contributed by atoms with Gasteiger partial charge in [0.1, 0.15) is 0 Å². The quantitative estimate of drug-likeness (QED) is 0.518. The Kier molecular flexibility index (Phi) is 5.04. The Morgan fingerprint density at radius 1 is 1.05 bits per heavy atom. The van der Waals surface area contributed by atoms with Gasteiger partial charge in [0, 0.05) is 19.2 Å². The van der Waals surface area contributed by atoms with E-state index in [4.69, 9.17) is 9.47 Å². The molecule has 0 spiro atoms. The first-order valence-electron chi connectivity index (χ1n) is 5.78. The molecule has 0 aliphatic rings. The van der Waals surface area contributed by atoms with Gasteiger partial charge >= 0.3 is 0 Å². The molecule has 0 fully saturated rings. The molecule has 0 bridgehead atoms. The number of hydrogen-bond donors (Lipinski definition) is 0. The first-order chi connectivity index (χ1) is 9.56. The van der Waals surface area contributed by atoms with Gasteiger partial charge in [-0.15, -0.1) is 0 Å². The van der Waals surface area contributed by atoms with Gasteiger partial charge in [0.15, 0.2) is 17.3 Å². The van der Waals surface area contributed by atoms with E-state index in [1.165, 1.54) is 0 Å². The smallest absolute Gasteiger partial charge is 0.194 e. The molecule has 0 aromatic heterocycles. The first-order valence-corrected chi connectivity index (χ1v) is 7.65. The molecule has 104 valence electrons. The largest absolute Gasteiger partial charge is 0.493 e. The van der Waals surface area contributed by atoms with Crippen molar-refractivity contribution >= 4 is 44.3 Å². The second kappa shape index (κ2) is 6.58. The lowest BCUT2D eigenvalue weighted by Gasteiger charge is -2.10. The SMILES string of the molecule is COc1ccc(C(=O)c2cc(I)ccc2Br)cc1OC. The Bertz CT molecular complexity index is 656. The highest BCUT2D eigenvalue weighted by atomic mass is 127. The van der Waals surface area contributed by atoms with Crippen LogP contribution in [-0.2, 0) is 0 Å². The van der Waals surface area contributed by atoms with E-state index in [1.807, 2.05) is 18.2 Å². The van der Waals surface area contributed by atoms with Gasteiger partial charge in [0.2, 0.25) is 0 Å². The third-order valence-electron chi connectivity index (χ3n) is 2.82. The first kappa shape index (κ1) is 15.3. The van der Waals surface area contributed by atoms with Crippen LogP contribution in [0.3, 0.4) is 0 Å². The summed E-state index contributed by atoms with van der Waals surface area (Å²) < 4.78 is 12.2. The minimum atomic E-state index is -0.0589. The highest BCUT2D eigenvalue weighted by Crippen LogP contribution is 2.30.